The molecule has 0 saturated heterocycles. The molecule has 0 aromatic carbocycles. The smallest absolute Gasteiger partial charge is 0.315 e. The van der Waals surface area contributed by atoms with Gasteiger partial charge in [-0.25, -0.2) is 4.79 Å². The van der Waals surface area contributed by atoms with Gasteiger partial charge in [-0.05, 0) is 31.6 Å². The molecule has 1 saturated carbocycles. The van der Waals surface area contributed by atoms with Crippen LogP contribution in [0.3, 0.4) is 0 Å². The van der Waals surface area contributed by atoms with Gasteiger partial charge in [0.05, 0.1) is 0 Å². The van der Waals surface area contributed by atoms with Crippen molar-refractivity contribution < 1.29 is 14.7 Å². The highest BCUT2D eigenvalue weighted by molar-refractivity contribution is 5.74. The van der Waals surface area contributed by atoms with Crippen LogP contribution in [0.4, 0.5) is 4.79 Å². The van der Waals surface area contributed by atoms with E-state index in [-0.39, 0.29) is 30.0 Å². The third-order valence-electron chi connectivity index (χ3n) is 3.73. The van der Waals surface area contributed by atoms with Gasteiger partial charge in [0.1, 0.15) is 0 Å². The average molecular weight is 256 g/mol. The number of hydrogen-bond acceptors (Lipinski definition) is 2. The largest absolute Gasteiger partial charge is 0.481 e. The molecule has 104 valence electrons. The Balaban J connectivity index is 2.31. The third-order valence-corrected chi connectivity index (χ3v) is 3.73. The quantitative estimate of drug-likeness (QED) is 0.705. The second-order valence-electron chi connectivity index (χ2n) is 5.88. The van der Waals surface area contributed by atoms with E-state index in [2.05, 4.69) is 24.5 Å². The molecule has 1 rings (SSSR count). The van der Waals surface area contributed by atoms with Gasteiger partial charge in [-0.2, -0.15) is 0 Å². The summed E-state index contributed by atoms with van der Waals surface area (Å²) in [6.45, 7) is 6.15. The summed E-state index contributed by atoms with van der Waals surface area (Å²) in [7, 11) is 0. The molecular formula is C13H24N2O3. The zero-order valence-corrected chi connectivity index (χ0v) is 11.5. The highest BCUT2D eigenvalue weighted by atomic mass is 16.4. The normalized spacial score (nSPS) is 23.4. The topological polar surface area (TPSA) is 78.4 Å². The molecule has 0 aromatic rings. The molecule has 0 bridgehead atoms. The fourth-order valence-electron chi connectivity index (χ4n) is 2.43. The van der Waals surface area contributed by atoms with Gasteiger partial charge in [-0.15, -0.1) is 0 Å². The van der Waals surface area contributed by atoms with Crippen molar-refractivity contribution in [2.75, 3.05) is 0 Å². The lowest BCUT2D eigenvalue weighted by Crippen LogP contribution is -2.48. The fourth-order valence-corrected chi connectivity index (χ4v) is 2.43. The first-order chi connectivity index (χ1) is 8.31. The van der Waals surface area contributed by atoms with Crippen molar-refractivity contribution in [2.45, 2.75) is 65.0 Å². The van der Waals surface area contributed by atoms with Gasteiger partial charge >= 0.3 is 12.0 Å². The van der Waals surface area contributed by atoms with E-state index in [0.717, 1.165) is 19.3 Å². The van der Waals surface area contributed by atoms with Crippen LogP contribution in [0, 0.1) is 5.41 Å². The van der Waals surface area contributed by atoms with Gasteiger partial charge in [0.25, 0.3) is 0 Å². The van der Waals surface area contributed by atoms with Crippen LogP contribution in [0.2, 0.25) is 0 Å². The molecule has 0 heterocycles. The van der Waals surface area contributed by atoms with E-state index < -0.39 is 5.97 Å². The lowest BCUT2D eigenvalue weighted by Gasteiger charge is -2.28. The minimum absolute atomic E-state index is 0.0797. The molecule has 1 aliphatic rings. The van der Waals surface area contributed by atoms with Crippen molar-refractivity contribution in [3.8, 4) is 0 Å². The Morgan fingerprint density at radius 3 is 2.61 bits per heavy atom. The number of hydrogen-bond donors (Lipinski definition) is 3. The number of rotatable bonds is 5. The summed E-state index contributed by atoms with van der Waals surface area (Å²) in [5.74, 6) is -0.832. The van der Waals surface area contributed by atoms with Crippen LogP contribution in [0.5, 0.6) is 0 Å². The monoisotopic (exact) mass is 256 g/mol. The molecule has 0 aliphatic heterocycles. The van der Waals surface area contributed by atoms with Gasteiger partial charge in [0.15, 0.2) is 0 Å². The Morgan fingerprint density at radius 1 is 1.44 bits per heavy atom. The van der Waals surface area contributed by atoms with Crippen molar-refractivity contribution in [3.05, 3.63) is 0 Å². The number of nitrogens with one attached hydrogen (secondary N) is 2. The van der Waals surface area contributed by atoms with E-state index in [0.29, 0.717) is 6.42 Å². The SMILES string of the molecule is CC(CCC(=O)O)NC(=O)NC1CCCC1(C)C. The molecule has 0 spiro atoms. The maximum atomic E-state index is 11.8. The molecule has 5 heteroatoms. The van der Waals surface area contributed by atoms with Crippen LogP contribution in [0.15, 0.2) is 0 Å². The predicted octanol–water partition coefficient (Wildman–Crippen LogP) is 2.12. The molecule has 1 aliphatic carbocycles. The summed E-state index contributed by atoms with van der Waals surface area (Å²) in [5.41, 5.74) is 0.154. The minimum atomic E-state index is -0.832. The summed E-state index contributed by atoms with van der Waals surface area (Å²) >= 11 is 0. The number of urea groups is 1. The molecule has 2 unspecified atom stereocenters. The van der Waals surface area contributed by atoms with Crippen LogP contribution in [0.25, 0.3) is 0 Å². The molecule has 5 nitrogen and oxygen atoms in total. The van der Waals surface area contributed by atoms with Gasteiger partial charge in [-0.3, -0.25) is 4.79 Å². The van der Waals surface area contributed by atoms with E-state index >= 15 is 0 Å². The Labute approximate surface area is 108 Å². The number of aliphatic carboxylic acids is 1. The van der Waals surface area contributed by atoms with Crippen molar-refractivity contribution >= 4 is 12.0 Å². The third kappa shape index (κ3) is 4.55. The Hall–Kier alpha value is -1.26. The Kier molecular flexibility index (Phi) is 4.99. The van der Waals surface area contributed by atoms with Gasteiger partial charge in [-0.1, -0.05) is 20.3 Å². The first-order valence-electron chi connectivity index (χ1n) is 6.60. The van der Waals surface area contributed by atoms with Crippen molar-refractivity contribution in [3.63, 3.8) is 0 Å². The maximum absolute atomic E-state index is 11.8. The van der Waals surface area contributed by atoms with Crippen molar-refractivity contribution in [1.29, 1.82) is 0 Å². The van der Waals surface area contributed by atoms with Crippen LogP contribution in [-0.2, 0) is 4.79 Å². The molecule has 1 fully saturated rings. The summed E-state index contributed by atoms with van der Waals surface area (Å²) in [6, 6.07) is -0.0948. The number of carbonyl (C=O) groups is 2. The summed E-state index contributed by atoms with van der Waals surface area (Å²) in [5, 5.41) is 14.3. The Morgan fingerprint density at radius 2 is 2.11 bits per heavy atom. The van der Waals surface area contributed by atoms with E-state index in [1.807, 2.05) is 6.92 Å². The number of carboxylic acids is 1. The Bertz CT molecular complexity index is 315. The molecular weight excluding hydrogens is 232 g/mol. The van der Waals surface area contributed by atoms with E-state index in [4.69, 9.17) is 5.11 Å². The van der Waals surface area contributed by atoms with Crippen molar-refractivity contribution in [1.82, 2.24) is 10.6 Å². The molecule has 2 amide bonds. The predicted molar refractivity (Wildman–Crippen MR) is 69.4 cm³/mol. The highest BCUT2D eigenvalue weighted by Crippen LogP contribution is 2.37. The zero-order valence-electron chi connectivity index (χ0n) is 11.5. The first kappa shape index (κ1) is 14.8. The van der Waals surface area contributed by atoms with Gasteiger partial charge < -0.3 is 15.7 Å². The average Bonchev–Trinajstić information content (AvgIpc) is 2.55. The summed E-state index contributed by atoms with van der Waals surface area (Å²) in [6.07, 6.45) is 3.83. The second kappa shape index (κ2) is 6.07. The second-order valence-corrected chi connectivity index (χ2v) is 5.88. The zero-order chi connectivity index (χ0) is 13.8. The van der Waals surface area contributed by atoms with Crippen LogP contribution < -0.4 is 10.6 Å². The first-order valence-corrected chi connectivity index (χ1v) is 6.60. The van der Waals surface area contributed by atoms with Crippen LogP contribution in [-0.4, -0.2) is 29.2 Å². The van der Waals surface area contributed by atoms with Gasteiger partial charge in [0, 0.05) is 18.5 Å². The molecule has 3 N–H and O–H groups in total. The van der Waals surface area contributed by atoms with Crippen molar-refractivity contribution in [2.24, 2.45) is 5.41 Å². The highest BCUT2D eigenvalue weighted by Gasteiger charge is 2.35. The minimum Gasteiger partial charge on any atom is -0.481 e. The summed E-state index contributed by atoms with van der Waals surface area (Å²) in [4.78, 5) is 22.2. The standard InChI is InChI=1S/C13H24N2O3/c1-9(6-7-11(16)17)14-12(18)15-10-5-4-8-13(10,2)3/h9-10H,4-8H2,1-3H3,(H,16,17)(H2,14,15,18). The lowest BCUT2D eigenvalue weighted by atomic mass is 9.87. The fraction of sp³-hybridized carbons (Fsp3) is 0.846. The number of carbonyl (C=O) groups excluding carboxylic acids is 1. The van der Waals surface area contributed by atoms with E-state index in [1.54, 1.807) is 0 Å². The van der Waals surface area contributed by atoms with Crippen LogP contribution >= 0.6 is 0 Å². The van der Waals surface area contributed by atoms with Crippen LogP contribution in [0.1, 0.15) is 52.9 Å². The molecule has 18 heavy (non-hydrogen) atoms. The number of carboxylic acid groups (broad SMARTS) is 1. The van der Waals surface area contributed by atoms with E-state index in [1.165, 1.54) is 0 Å². The van der Waals surface area contributed by atoms with E-state index in [9.17, 15) is 9.59 Å². The summed E-state index contributed by atoms with van der Waals surface area (Å²) < 4.78 is 0. The number of amides is 2. The van der Waals surface area contributed by atoms with Gasteiger partial charge in [0.2, 0.25) is 0 Å². The molecule has 2 atom stereocenters. The molecule has 0 radical (unpaired) electrons. The molecule has 0 aromatic heterocycles. The lowest BCUT2D eigenvalue weighted by molar-refractivity contribution is -0.137. The maximum Gasteiger partial charge on any atom is 0.315 e.